The predicted octanol–water partition coefficient (Wildman–Crippen LogP) is 4.18. The number of amides is 3. The van der Waals surface area contributed by atoms with Gasteiger partial charge in [-0.15, -0.1) is 0 Å². The summed E-state index contributed by atoms with van der Waals surface area (Å²) in [6, 6.07) is 16.3. The normalized spacial score (nSPS) is 15.4. The average Bonchev–Trinajstić information content (AvgIpc) is 3.63. The van der Waals surface area contributed by atoms with Crippen LogP contribution in [-0.2, 0) is 19.1 Å². The molecule has 3 aromatic rings. The zero-order valence-electron chi connectivity index (χ0n) is 27.3. The van der Waals surface area contributed by atoms with Crippen LogP contribution < -0.4 is 14.8 Å². The van der Waals surface area contributed by atoms with Crippen LogP contribution in [-0.4, -0.2) is 95.7 Å². The first-order valence-corrected chi connectivity index (χ1v) is 16.4. The molecule has 1 aliphatic carbocycles. The van der Waals surface area contributed by atoms with E-state index in [1.54, 1.807) is 47.9 Å². The fourth-order valence-electron chi connectivity index (χ4n) is 5.60. The summed E-state index contributed by atoms with van der Waals surface area (Å²) in [5.74, 6) is -0.424. The van der Waals surface area contributed by atoms with E-state index in [-0.39, 0.29) is 50.6 Å². The van der Waals surface area contributed by atoms with E-state index in [1.807, 2.05) is 30.3 Å². The molecule has 13 nitrogen and oxygen atoms in total. The maximum atomic E-state index is 14.1. The van der Waals surface area contributed by atoms with E-state index < -0.39 is 24.0 Å². The molecule has 1 atom stereocenters. The second-order valence-corrected chi connectivity index (χ2v) is 11.4. The zero-order chi connectivity index (χ0) is 33.9. The molecule has 2 aromatic carbocycles. The largest absolute Gasteiger partial charge is 0.482 e. The molecule has 0 radical (unpaired) electrons. The molecule has 1 aromatic heterocycles. The Bertz CT molecular complexity index is 1550. The first-order chi connectivity index (χ1) is 23.3. The molecule has 0 bridgehead atoms. The molecule has 1 unspecified atom stereocenters. The van der Waals surface area contributed by atoms with Gasteiger partial charge in [0.25, 0.3) is 5.91 Å². The van der Waals surface area contributed by atoms with Gasteiger partial charge in [0, 0.05) is 37.8 Å². The van der Waals surface area contributed by atoms with Crippen LogP contribution in [0.3, 0.4) is 0 Å². The van der Waals surface area contributed by atoms with E-state index in [0.717, 1.165) is 25.7 Å². The molecule has 1 N–H and O–H groups in total. The van der Waals surface area contributed by atoms with Gasteiger partial charge in [0.1, 0.15) is 23.6 Å². The van der Waals surface area contributed by atoms with E-state index >= 15 is 0 Å². The number of carbonyl (C=O) groups is 4. The lowest BCUT2D eigenvalue weighted by Crippen LogP contribution is -2.53. The molecule has 1 saturated carbocycles. The third-order valence-electron chi connectivity index (χ3n) is 8.07. The van der Waals surface area contributed by atoms with Gasteiger partial charge in [-0.1, -0.05) is 42.5 Å². The number of ether oxygens (including phenoxy) is 4. The lowest BCUT2D eigenvalue weighted by Gasteiger charge is -2.36. The summed E-state index contributed by atoms with van der Waals surface area (Å²) in [6.07, 6.45) is 3.53. The van der Waals surface area contributed by atoms with Crippen LogP contribution >= 0.6 is 0 Å². The lowest BCUT2D eigenvalue weighted by molar-refractivity contribution is -0.145. The minimum absolute atomic E-state index is 0.00611. The Balaban J connectivity index is 1.40. The van der Waals surface area contributed by atoms with Gasteiger partial charge in [0.15, 0.2) is 12.4 Å². The van der Waals surface area contributed by atoms with E-state index in [2.05, 4.69) is 15.3 Å². The van der Waals surface area contributed by atoms with Crippen molar-refractivity contribution in [1.29, 1.82) is 0 Å². The van der Waals surface area contributed by atoms with Crippen LogP contribution in [0.15, 0.2) is 60.7 Å². The first kappa shape index (κ1) is 34.1. The summed E-state index contributed by atoms with van der Waals surface area (Å²) in [5.41, 5.74) is 1.26. The van der Waals surface area contributed by atoms with Crippen molar-refractivity contribution >= 4 is 23.9 Å². The number of aromatic nitrogens is 2. The third-order valence-corrected chi connectivity index (χ3v) is 8.07. The molecular weight excluding hydrogens is 618 g/mol. The average molecular weight is 660 g/mol. The molecule has 1 aliphatic heterocycles. The van der Waals surface area contributed by atoms with Gasteiger partial charge in [-0.25, -0.2) is 14.6 Å². The number of nitrogens with zero attached hydrogens (tertiary/aromatic N) is 4. The highest BCUT2D eigenvalue weighted by molar-refractivity contribution is 5.97. The molecule has 254 valence electrons. The fourth-order valence-corrected chi connectivity index (χ4v) is 5.60. The second-order valence-electron chi connectivity index (χ2n) is 11.4. The Hall–Kier alpha value is -5.20. The van der Waals surface area contributed by atoms with Gasteiger partial charge < -0.3 is 34.1 Å². The summed E-state index contributed by atoms with van der Waals surface area (Å²) in [7, 11) is 0. The van der Waals surface area contributed by atoms with Crippen LogP contribution in [0, 0.1) is 0 Å². The maximum absolute atomic E-state index is 14.1. The molecule has 2 aliphatic rings. The third kappa shape index (κ3) is 8.99. The molecule has 48 heavy (non-hydrogen) atoms. The van der Waals surface area contributed by atoms with Crippen molar-refractivity contribution < 1.29 is 38.1 Å². The quantitative estimate of drug-likeness (QED) is 0.281. The van der Waals surface area contributed by atoms with Crippen LogP contribution in [0.1, 0.15) is 61.6 Å². The first-order valence-electron chi connectivity index (χ1n) is 16.4. The monoisotopic (exact) mass is 659 g/mol. The van der Waals surface area contributed by atoms with Crippen LogP contribution in [0.4, 0.5) is 4.79 Å². The number of nitrogens with one attached hydrogen (secondary N) is 1. The Kier molecular flexibility index (Phi) is 11.8. The molecule has 5 rings (SSSR count). The van der Waals surface area contributed by atoms with E-state index in [9.17, 15) is 19.2 Å². The standard InChI is InChI=1S/C35H41N5O8/c1-3-45-30(41)23-47-26-16-14-24(15-17-26)31(34(43)39-18-20-40(21-19-39)35(44)46-4-2)38-33(42)28-22-29(48-27-12-8-9-13-27)37-32(36-28)25-10-6-5-7-11-25/h5-7,10-11,14-17,22,27,31H,3-4,8-9,12-13,18-21,23H2,1-2H3,(H,38,42). The van der Waals surface area contributed by atoms with E-state index in [4.69, 9.17) is 18.9 Å². The van der Waals surface area contributed by atoms with Gasteiger partial charge in [-0.3, -0.25) is 9.59 Å². The summed E-state index contributed by atoms with van der Waals surface area (Å²) >= 11 is 0. The Morgan fingerprint density at radius 3 is 2.19 bits per heavy atom. The highest BCUT2D eigenvalue weighted by Gasteiger charge is 2.32. The number of esters is 1. The fraction of sp³-hybridized carbons (Fsp3) is 0.429. The minimum Gasteiger partial charge on any atom is -0.482 e. The number of benzene rings is 2. The number of piperazine rings is 1. The van der Waals surface area contributed by atoms with Gasteiger partial charge in [-0.05, 0) is 57.2 Å². The molecular formula is C35H41N5O8. The molecule has 0 spiro atoms. The van der Waals surface area contributed by atoms with Crippen LogP contribution in [0.2, 0.25) is 0 Å². The van der Waals surface area contributed by atoms with Crippen molar-refractivity contribution in [2.45, 2.75) is 51.7 Å². The minimum atomic E-state index is -1.10. The van der Waals surface area contributed by atoms with Crippen LogP contribution in [0.5, 0.6) is 11.6 Å². The Labute approximate surface area is 279 Å². The molecule has 1 saturated heterocycles. The van der Waals surface area contributed by atoms with Crippen molar-refractivity contribution in [3.63, 3.8) is 0 Å². The highest BCUT2D eigenvalue weighted by Crippen LogP contribution is 2.27. The molecule has 13 heteroatoms. The molecule has 2 heterocycles. The van der Waals surface area contributed by atoms with Crippen molar-refractivity contribution in [3.8, 4) is 23.0 Å². The van der Waals surface area contributed by atoms with Crippen molar-refractivity contribution in [2.75, 3.05) is 46.0 Å². The van der Waals surface area contributed by atoms with Gasteiger partial charge in [0.05, 0.1) is 13.2 Å². The SMILES string of the molecule is CCOC(=O)COc1ccc(C(NC(=O)c2cc(OC3CCCC3)nc(-c3ccccc3)n2)C(=O)N2CCN(C(=O)OCC)CC2)cc1. The van der Waals surface area contributed by atoms with Crippen LogP contribution in [0.25, 0.3) is 11.4 Å². The Morgan fingerprint density at radius 1 is 0.854 bits per heavy atom. The van der Waals surface area contributed by atoms with Crippen molar-refractivity contribution in [1.82, 2.24) is 25.1 Å². The number of hydrogen-bond acceptors (Lipinski definition) is 10. The van der Waals surface area contributed by atoms with Crippen molar-refractivity contribution in [2.24, 2.45) is 0 Å². The van der Waals surface area contributed by atoms with Gasteiger partial charge in [-0.2, -0.15) is 4.98 Å². The number of carbonyl (C=O) groups excluding carboxylic acids is 4. The summed E-state index contributed by atoms with van der Waals surface area (Å²) in [4.78, 5) is 64.3. The molecule has 3 amide bonds. The summed E-state index contributed by atoms with van der Waals surface area (Å²) in [6.45, 7) is 4.79. The topological polar surface area (TPSA) is 149 Å². The van der Waals surface area contributed by atoms with Gasteiger partial charge in [0.2, 0.25) is 11.8 Å². The summed E-state index contributed by atoms with van der Waals surface area (Å²) < 4.78 is 21.7. The smallest absolute Gasteiger partial charge is 0.409 e. The predicted molar refractivity (Wildman–Crippen MR) is 174 cm³/mol. The number of hydrogen-bond donors (Lipinski definition) is 1. The lowest BCUT2D eigenvalue weighted by atomic mass is 10.0. The second kappa shape index (κ2) is 16.6. The number of rotatable bonds is 12. The maximum Gasteiger partial charge on any atom is 0.409 e. The molecule has 2 fully saturated rings. The zero-order valence-corrected chi connectivity index (χ0v) is 27.3. The Morgan fingerprint density at radius 2 is 1.52 bits per heavy atom. The van der Waals surface area contributed by atoms with E-state index in [1.165, 1.54) is 6.07 Å². The summed E-state index contributed by atoms with van der Waals surface area (Å²) in [5, 5.41) is 2.89. The van der Waals surface area contributed by atoms with Crippen molar-refractivity contribution in [3.05, 3.63) is 71.9 Å². The highest BCUT2D eigenvalue weighted by atomic mass is 16.6. The van der Waals surface area contributed by atoms with E-state index in [0.29, 0.717) is 41.7 Å². The van der Waals surface area contributed by atoms with Gasteiger partial charge >= 0.3 is 12.1 Å².